The van der Waals surface area contributed by atoms with Crippen LogP contribution in [0.15, 0.2) is 12.3 Å². The van der Waals surface area contributed by atoms with Crippen LogP contribution in [-0.2, 0) is 0 Å². The van der Waals surface area contributed by atoms with E-state index in [1.165, 1.54) is 0 Å². The predicted molar refractivity (Wildman–Crippen MR) is 88.8 cm³/mol. The van der Waals surface area contributed by atoms with Crippen LogP contribution in [0.25, 0.3) is 0 Å². The second-order valence-corrected chi connectivity index (χ2v) is 8.02. The lowest BCUT2D eigenvalue weighted by Crippen LogP contribution is -2.48. The topological polar surface area (TPSA) is 58.1 Å². The summed E-state index contributed by atoms with van der Waals surface area (Å²) in [6.07, 6.45) is 3.78. The largest absolute Gasteiger partial charge is 0.322 e. The summed E-state index contributed by atoms with van der Waals surface area (Å²) >= 11 is 0. The van der Waals surface area contributed by atoms with Gasteiger partial charge in [0.1, 0.15) is 0 Å². The van der Waals surface area contributed by atoms with Crippen LogP contribution in [0.2, 0.25) is 0 Å². The molecular formula is C17H28N4O. The standard InChI is InChI=1S/C17H28N4O/c1-12-14(7-9-18-20-12)19-15(22)21-10-8-13(17(21,5)6)11-16(2,3)4/h7,9,13H,8,10-11H2,1-6H3,(H,18,19,22). The molecule has 1 fully saturated rings. The minimum absolute atomic E-state index is 0.0440. The summed E-state index contributed by atoms with van der Waals surface area (Å²) in [6, 6.07) is 1.74. The van der Waals surface area contributed by atoms with Crippen molar-refractivity contribution in [2.45, 2.75) is 59.9 Å². The number of nitrogens with zero attached hydrogens (tertiary/aromatic N) is 3. The summed E-state index contributed by atoms with van der Waals surface area (Å²) in [6.45, 7) is 13.8. The predicted octanol–water partition coefficient (Wildman–Crippen LogP) is 3.85. The molecule has 2 amide bonds. The highest BCUT2D eigenvalue weighted by molar-refractivity contribution is 5.90. The molecule has 0 aliphatic carbocycles. The van der Waals surface area contributed by atoms with Crippen molar-refractivity contribution in [1.82, 2.24) is 15.1 Å². The third kappa shape index (κ3) is 3.57. The lowest BCUT2D eigenvalue weighted by atomic mass is 9.76. The summed E-state index contributed by atoms with van der Waals surface area (Å²) in [5, 5.41) is 10.8. The number of likely N-dealkylation sites (tertiary alicyclic amines) is 1. The number of nitrogens with one attached hydrogen (secondary N) is 1. The Labute approximate surface area is 133 Å². The molecule has 0 bridgehead atoms. The van der Waals surface area contributed by atoms with Crippen LogP contribution >= 0.6 is 0 Å². The van der Waals surface area contributed by atoms with Gasteiger partial charge in [-0.2, -0.15) is 10.2 Å². The molecule has 5 heteroatoms. The van der Waals surface area contributed by atoms with Gasteiger partial charge in [0, 0.05) is 12.1 Å². The molecule has 122 valence electrons. The second kappa shape index (κ2) is 5.86. The van der Waals surface area contributed by atoms with E-state index in [-0.39, 0.29) is 17.0 Å². The second-order valence-electron chi connectivity index (χ2n) is 8.02. The average Bonchev–Trinajstić information content (AvgIpc) is 2.66. The highest BCUT2D eigenvalue weighted by Crippen LogP contribution is 2.41. The quantitative estimate of drug-likeness (QED) is 0.902. The third-order valence-electron chi connectivity index (χ3n) is 4.65. The van der Waals surface area contributed by atoms with Crippen molar-refractivity contribution in [2.75, 3.05) is 11.9 Å². The molecule has 2 heterocycles. The number of carbonyl (C=O) groups is 1. The maximum Gasteiger partial charge on any atom is 0.322 e. The first-order valence-electron chi connectivity index (χ1n) is 7.98. The molecule has 1 aromatic heterocycles. The van der Waals surface area contributed by atoms with Crippen molar-refractivity contribution in [1.29, 1.82) is 0 Å². The van der Waals surface area contributed by atoms with Crippen LogP contribution < -0.4 is 5.32 Å². The van der Waals surface area contributed by atoms with Crippen molar-refractivity contribution in [3.63, 3.8) is 0 Å². The summed E-state index contributed by atoms with van der Waals surface area (Å²) in [5.41, 5.74) is 1.61. The smallest absolute Gasteiger partial charge is 0.319 e. The van der Waals surface area contributed by atoms with Gasteiger partial charge in [0.25, 0.3) is 0 Å². The van der Waals surface area contributed by atoms with Gasteiger partial charge in [-0.3, -0.25) is 0 Å². The zero-order valence-corrected chi connectivity index (χ0v) is 14.6. The van der Waals surface area contributed by atoms with E-state index in [4.69, 9.17) is 0 Å². The number of aromatic nitrogens is 2. The normalized spacial score (nSPS) is 21.0. The van der Waals surface area contributed by atoms with Gasteiger partial charge in [-0.1, -0.05) is 20.8 Å². The van der Waals surface area contributed by atoms with Crippen molar-refractivity contribution in [3.8, 4) is 0 Å². The molecule has 1 saturated heterocycles. The first kappa shape index (κ1) is 16.7. The molecule has 1 aliphatic heterocycles. The molecule has 0 spiro atoms. The molecule has 0 saturated carbocycles. The Balaban J connectivity index is 2.09. The number of rotatable bonds is 2. The first-order chi connectivity index (χ1) is 10.1. The Morgan fingerprint density at radius 1 is 1.45 bits per heavy atom. The number of amides is 2. The van der Waals surface area contributed by atoms with Gasteiger partial charge in [0.05, 0.1) is 17.6 Å². The molecule has 1 unspecified atom stereocenters. The van der Waals surface area contributed by atoms with Crippen molar-refractivity contribution < 1.29 is 4.79 Å². The average molecular weight is 304 g/mol. The van der Waals surface area contributed by atoms with E-state index in [2.05, 4.69) is 50.1 Å². The first-order valence-corrected chi connectivity index (χ1v) is 7.98. The zero-order chi connectivity index (χ0) is 16.5. The summed E-state index contributed by atoms with van der Waals surface area (Å²) in [5.74, 6) is 0.523. The Hall–Kier alpha value is -1.65. The Bertz CT molecular complexity index is 548. The van der Waals surface area contributed by atoms with E-state index in [0.29, 0.717) is 5.92 Å². The van der Waals surface area contributed by atoms with E-state index in [0.717, 1.165) is 30.8 Å². The minimum Gasteiger partial charge on any atom is -0.319 e. The van der Waals surface area contributed by atoms with Gasteiger partial charge in [-0.25, -0.2) is 4.79 Å². The molecule has 5 nitrogen and oxygen atoms in total. The van der Waals surface area contributed by atoms with Crippen LogP contribution in [0.5, 0.6) is 0 Å². The maximum atomic E-state index is 12.7. The number of hydrogen-bond acceptors (Lipinski definition) is 3. The molecule has 1 aliphatic rings. The van der Waals surface area contributed by atoms with Crippen LogP contribution in [0.3, 0.4) is 0 Å². The number of aryl methyl sites for hydroxylation is 1. The molecular weight excluding hydrogens is 276 g/mol. The number of anilines is 1. The highest BCUT2D eigenvalue weighted by Gasteiger charge is 2.44. The highest BCUT2D eigenvalue weighted by atomic mass is 16.2. The van der Waals surface area contributed by atoms with E-state index in [9.17, 15) is 4.79 Å². The van der Waals surface area contributed by atoms with Crippen molar-refractivity contribution in [3.05, 3.63) is 18.0 Å². The molecule has 0 radical (unpaired) electrons. The lowest BCUT2D eigenvalue weighted by Gasteiger charge is -2.38. The Morgan fingerprint density at radius 2 is 2.14 bits per heavy atom. The van der Waals surface area contributed by atoms with Crippen LogP contribution in [0.4, 0.5) is 10.5 Å². The van der Waals surface area contributed by atoms with Gasteiger partial charge >= 0.3 is 6.03 Å². The fraction of sp³-hybridized carbons (Fsp3) is 0.706. The Morgan fingerprint density at radius 3 is 2.73 bits per heavy atom. The van der Waals surface area contributed by atoms with Crippen molar-refractivity contribution >= 4 is 11.7 Å². The lowest BCUT2D eigenvalue weighted by molar-refractivity contribution is 0.136. The molecule has 2 rings (SSSR count). The van der Waals surface area contributed by atoms with Gasteiger partial charge in [0.15, 0.2) is 0 Å². The number of carbonyl (C=O) groups excluding carboxylic acids is 1. The molecule has 1 aromatic rings. The minimum atomic E-state index is -0.133. The molecule has 1 N–H and O–H groups in total. The molecule has 1 atom stereocenters. The molecule has 0 aromatic carbocycles. The van der Waals surface area contributed by atoms with Gasteiger partial charge < -0.3 is 10.2 Å². The third-order valence-corrected chi connectivity index (χ3v) is 4.65. The fourth-order valence-corrected chi connectivity index (χ4v) is 3.32. The molecule has 22 heavy (non-hydrogen) atoms. The monoisotopic (exact) mass is 304 g/mol. The summed E-state index contributed by atoms with van der Waals surface area (Å²) in [7, 11) is 0. The van der Waals surface area contributed by atoms with E-state index >= 15 is 0 Å². The number of hydrogen-bond donors (Lipinski definition) is 1. The summed E-state index contributed by atoms with van der Waals surface area (Å²) in [4.78, 5) is 14.6. The van der Waals surface area contributed by atoms with Gasteiger partial charge in [0.2, 0.25) is 0 Å². The van der Waals surface area contributed by atoms with Crippen molar-refractivity contribution in [2.24, 2.45) is 11.3 Å². The maximum absolute atomic E-state index is 12.7. The van der Waals surface area contributed by atoms with Gasteiger partial charge in [-0.15, -0.1) is 0 Å². The van der Waals surface area contributed by atoms with E-state index in [1.54, 1.807) is 12.3 Å². The van der Waals surface area contributed by atoms with Crippen LogP contribution in [0, 0.1) is 18.3 Å². The Kier molecular flexibility index (Phi) is 4.45. The van der Waals surface area contributed by atoms with Gasteiger partial charge in [-0.05, 0) is 51.0 Å². The van der Waals surface area contributed by atoms with Crippen LogP contribution in [-0.4, -0.2) is 33.2 Å². The SMILES string of the molecule is Cc1nnccc1NC(=O)N1CCC(CC(C)(C)C)C1(C)C. The fourth-order valence-electron chi connectivity index (χ4n) is 3.32. The zero-order valence-electron chi connectivity index (χ0n) is 14.6. The number of urea groups is 1. The van der Waals surface area contributed by atoms with E-state index in [1.807, 2.05) is 11.8 Å². The van der Waals surface area contributed by atoms with E-state index < -0.39 is 0 Å². The van der Waals surface area contributed by atoms with Crippen LogP contribution in [0.1, 0.15) is 53.2 Å². The summed E-state index contributed by atoms with van der Waals surface area (Å²) < 4.78 is 0.